The van der Waals surface area contributed by atoms with E-state index in [0.29, 0.717) is 16.6 Å². The summed E-state index contributed by atoms with van der Waals surface area (Å²) in [5, 5.41) is 1.28. The monoisotopic (exact) mass is 317 g/mol. The fraction of sp³-hybridized carbons (Fsp3) is 0.0625. The summed E-state index contributed by atoms with van der Waals surface area (Å²) in [6.07, 6.45) is 3.70. The summed E-state index contributed by atoms with van der Waals surface area (Å²) in [5.41, 5.74) is 8.46. The normalized spacial score (nSPS) is 10.8. The number of benzene rings is 2. The highest BCUT2D eigenvalue weighted by Gasteiger charge is 2.08. The third-order valence-electron chi connectivity index (χ3n) is 3.24. The fourth-order valence-corrected chi connectivity index (χ4v) is 2.63. The van der Waals surface area contributed by atoms with E-state index >= 15 is 0 Å². The van der Waals surface area contributed by atoms with Gasteiger partial charge in [0.25, 0.3) is 0 Å². The van der Waals surface area contributed by atoms with Gasteiger partial charge in [-0.05, 0) is 42.0 Å². The van der Waals surface area contributed by atoms with Crippen molar-refractivity contribution in [3.63, 3.8) is 0 Å². The lowest BCUT2D eigenvalue weighted by Crippen LogP contribution is -2.01. The van der Waals surface area contributed by atoms with Gasteiger partial charge in [-0.3, -0.25) is 0 Å². The summed E-state index contributed by atoms with van der Waals surface area (Å²) in [7, 11) is 0. The molecule has 1 aromatic heterocycles. The molecule has 106 valence electrons. The summed E-state index contributed by atoms with van der Waals surface area (Å²) in [5.74, 6) is 0.876. The van der Waals surface area contributed by atoms with E-state index in [9.17, 15) is 0 Å². The van der Waals surface area contributed by atoms with Gasteiger partial charge in [-0.15, -0.1) is 0 Å². The molecule has 21 heavy (non-hydrogen) atoms. The van der Waals surface area contributed by atoms with Crippen molar-refractivity contribution in [2.24, 2.45) is 0 Å². The molecule has 3 nitrogen and oxygen atoms in total. The second-order valence-corrected chi connectivity index (χ2v) is 5.58. The first-order valence-electron chi connectivity index (χ1n) is 6.44. The molecule has 0 saturated carbocycles. The van der Waals surface area contributed by atoms with Crippen molar-refractivity contribution in [2.45, 2.75) is 6.54 Å². The summed E-state index contributed by atoms with van der Waals surface area (Å²) < 4.78 is 2.04. The molecule has 0 amide bonds. The SMILES string of the molecule is Nc1ccc(-c2nccn2Cc2ccc(Cl)cc2Cl)cc1. The molecular formula is C16H13Cl2N3. The van der Waals surface area contributed by atoms with Crippen molar-refractivity contribution in [1.29, 1.82) is 0 Å². The van der Waals surface area contributed by atoms with Crippen LogP contribution in [0.15, 0.2) is 54.9 Å². The summed E-state index contributed by atoms with van der Waals surface area (Å²) in [4.78, 5) is 4.41. The lowest BCUT2D eigenvalue weighted by Gasteiger charge is -2.10. The van der Waals surface area contributed by atoms with Crippen molar-refractivity contribution in [3.8, 4) is 11.4 Å². The maximum absolute atomic E-state index is 6.23. The molecular weight excluding hydrogens is 305 g/mol. The molecule has 0 spiro atoms. The van der Waals surface area contributed by atoms with Crippen molar-refractivity contribution in [1.82, 2.24) is 9.55 Å². The van der Waals surface area contributed by atoms with Crippen LogP contribution in [0.25, 0.3) is 11.4 Å². The molecule has 5 heteroatoms. The molecule has 0 unspecified atom stereocenters. The molecule has 0 aliphatic rings. The van der Waals surface area contributed by atoms with Crippen LogP contribution in [-0.2, 0) is 6.54 Å². The van der Waals surface area contributed by atoms with Crippen LogP contribution in [0.5, 0.6) is 0 Å². The molecule has 0 aliphatic carbocycles. The van der Waals surface area contributed by atoms with E-state index in [4.69, 9.17) is 28.9 Å². The molecule has 2 aromatic carbocycles. The van der Waals surface area contributed by atoms with E-state index in [-0.39, 0.29) is 0 Å². The van der Waals surface area contributed by atoms with Crippen molar-refractivity contribution >= 4 is 28.9 Å². The van der Waals surface area contributed by atoms with Gasteiger partial charge in [0.2, 0.25) is 0 Å². The highest BCUT2D eigenvalue weighted by atomic mass is 35.5. The molecule has 0 saturated heterocycles. The standard InChI is InChI=1S/C16H13Cl2N3/c17-13-4-1-12(15(18)9-13)10-21-8-7-20-16(21)11-2-5-14(19)6-3-11/h1-9H,10,19H2. The van der Waals surface area contributed by atoms with Gasteiger partial charge in [0.1, 0.15) is 5.82 Å². The molecule has 0 radical (unpaired) electrons. The molecule has 1 heterocycles. The van der Waals surface area contributed by atoms with Crippen LogP contribution < -0.4 is 5.73 Å². The van der Waals surface area contributed by atoms with Gasteiger partial charge in [-0.1, -0.05) is 29.3 Å². The molecule has 0 bridgehead atoms. The Morgan fingerprint density at radius 3 is 2.52 bits per heavy atom. The van der Waals surface area contributed by atoms with Gasteiger partial charge in [0.05, 0.1) is 6.54 Å². The summed E-state index contributed by atoms with van der Waals surface area (Å²) >= 11 is 12.2. The number of halogens is 2. The molecule has 3 aromatic rings. The molecule has 3 rings (SSSR count). The quantitative estimate of drug-likeness (QED) is 0.723. The van der Waals surface area contributed by atoms with Gasteiger partial charge >= 0.3 is 0 Å². The van der Waals surface area contributed by atoms with E-state index in [1.54, 1.807) is 12.3 Å². The van der Waals surface area contributed by atoms with Gasteiger partial charge in [0, 0.05) is 33.7 Å². The van der Waals surface area contributed by atoms with E-state index in [1.165, 1.54) is 0 Å². The predicted molar refractivity (Wildman–Crippen MR) is 87.6 cm³/mol. The number of nitrogens with zero attached hydrogens (tertiary/aromatic N) is 2. The predicted octanol–water partition coefficient (Wildman–Crippen LogP) is 4.49. The third kappa shape index (κ3) is 3.04. The number of nitrogen functional groups attached to an aromatic ring is 1. The Morgan fingerprint density at radius 2 is 1.81 bits per heavy atom. The Kier molecular flexibility index (Phi) is 3.86. The minimum absolute atomic E-state index is 0.633. The van der Waals surface area contributed by atoms with Crippen molar-refractivity contribution in [2.75, 3.05) is 5.73 Å². The zero-order chi connectivity index (χ0) is 14.8. The van der Waals surface area contributed by atoms with Gasteiger partial charge in [-0.2, -0.15) is 0 Å². The Morgan fingerprint density at radius 1 is 1.05 bits per heavy atom. The van der Waals surface area contributed by atoms with Crippen molar-refractivity contribution < 1.29 is 0 Å². The van der Waals surface area contributed by atoms with Crippen LogP contribution in [0.4, 0.5) is 5.69 Å². The highest BCUT2D eigenvalue weighted by molar-refractivity contribution is 6.35. The number of anilines is 1. The fourth-order valence-electron chi connectivity index (χ4n) is 2.16. The van der Waals surface area contributed by atoms with E-state index in [1.807, 2.05) is 47.2 Å². The van der Waals surface area contributed by atoms with Crippen LogP contribution in [0, 0.1) is 0 Å². The van der Waals surface area contributed by atoms with Crippen molar-refractivity contribution in [3.05, 3.63) is 70.5 Å². The van der Waals surface area contributed by atoms with Crippen LogP contribution in [0.3, 0.4) is 0 Å². The van der Waals surface area contributed by atoms with Crippen LogP contribution >= 0.6 is 23.2 Å². The highest BCUT2D eigenvalue weighted by Crippen LogP contribution is 2.24. The maximum atomic E-state index is 6.23. The van der Waals surface area contributed by atoms with E-state index < -0.39 is 0 Å². The third-order valence-corrected chi connectivity index (χ3v) is 3.83. The second-order valence-electron chi connectivity index (χ2n) is 4.74. The number of hydrogen-bond donors (Lipinski definition) is 1. The van der Waals surface area contributed by atoms with Gasteiger partial charge in [0.15, 0.2) is 0 Å². The lowest BCUT2D eigenvalue weighted by atomic mass is 10.2. The minimum Gasteiger partial charge on any atom is -0.399 e. The average Bonchev–Trinajstić information content (AvgIpc) is 2.91. The Balaban J connectivity index is 1.94. The molecule has 0 fully saturated rings. The molecule has 0 aliphatic heterocycles. The first kappa shape index (κ1) is 14.0. The Labute approximate surface area is 132 Å². The molecule has 2 N–H and O–H groups in total. The average molecular weight is 318 g/mol. The Bertz CT molecular complexity index is 763. The number of imidazole rings is 1. The van der Waals surface area contributed by atoms with Crippen LogP contribution in [0.1, 0.15) is 5.56 Å². The van der Waals surface area contributed by atoms with E-state index in [2.05, 4.69) is 4.98 Å². The van der Waals surface area contributed by atoms with Crippen LogP contribution in [0.2, 0.25) is 10.0 Å². The zero-order valence-corrected chi connectivity index (χ0v) is 12.6. The molecule has 0 atom stereocenters. The Hall–Kier alpha value is -1.97. The number of hydrogen-bond acceptors (Lipinski definition) is 2. The van der Waals surface area contributed by atoms with Crippen LogP contribution in [-0.4, -0.2) is 9.55 Å². The minimum atomic E-state index is 0.633. The van der Waals surface area contributed by atoms with E-state index in [0.717, 1.165) is 22.6 Å². The number of nitrogens with two attached hydrogens (primary N) is 1. The van der Waals surface area contributed by atoms with Gasteiger partial charge < -0.3 is 10.3 Å². The number of aromatic nitrogens is 2. The zero-order valence-electron chi connectivity index (χ0n) is 11.1. The summed E-state index contributed by atoms with van der Waals surface area (Å²) in [6, 6.07) is 13.2. The second kappa shape index (κ2) is 5.80. The first-order chi connectivity index (χ1) is 10.1. The first-order valence-corrected chi connectivity index (χ1v) is 7.20. The largest absolute Gasteiger partial charge is 0.399 e. The number of rotatable bonds is 3. The topological polar surface area (TPSA) is 43.8 Å². The smallest absolute Gasteiger partial charge is 0.140 e. The lowest BCUT2D eigenvalue weighted by molar-refractivity contribution is 0.807. The summed E-state index contributed by atoms with van der Waals surface area (Å²) in [6.45, 7) is 0.635. The maximum Gasteiger partial charge on any atom is 0.140 e. The van der Waals surface area contributed by atoms with Gasteiger partial charge in [-0.25, -0.2) is 4.98 Å².